The molecule has 0 N–H and O–H groups in total. The Labute approximate surface area is 77.5 Å². The van der Waals surface area contributed by atoms with E-state index < -0.39 is 0 Å². The lowest BCUT2D eigenvalue weighted by molar-refractivity contribution is -0.111. The Morgan fingerprint density at radius 3 is 2.69 bits per heavy atom. The van der Waals surface area contributed by atoms with Crippen molar-refractivity contribution < 1.29 is 9.53 Å². The topological polar surface area (TPSA) is 26.3 Å². The van der Waals surface area contributed by atoms with Crippen molar-refractivity contribution >= 4 is 6.29 Å². The van der Waals surface area contributed by atoms with E-state index in [4.69, 9.17) is 4.74 Å². The Morgan fingerprint density at radius 1 is 1.23 bits per heavy atom. The molecule has 1 fully saturated rings. The van der Waals surface area contributed by atoms with Crippen LogP contribution in [0.25, 0.3) is 0 Å². The second kappa shape index (κ2) is 3.71. The van der Waals surface area contributed by atoms with Crippen molar-refractivity contribution in [1.29, 1.82) is 0 Å². The number of benzene rings is 1. The fourth-order valence-corrected chi connectivity index (χ4v) is 1.75. The van der Waals surface area contributed by atoms with Crippen LogP contribution < -0.4 is 0 Å². The fraction of sp³-hybridized carbons (Fsp3) is 0.364. The van der Waals surface area contributed by atoms with Crippen molar-refractivity contribution in [2.45, 2.75) is 5.92 Å². The van der Waals surface area contributed by atoms with E-state index in [2.05, 4.69) is 12.1 Å². The third-order valence-electron chi connectivity index (χ3n) is 2.53. The van der Waals surface area contributed by atoms with Crippen LogP contribution in [0.15, 0.2) is 30.3 Å². The molecule has 0 bridgehead atoms. The van der Waals surface area contributed by atoms with Gasteiger partial charge in [0.1, 0.15) is 6.29 Å². The lowest BCUT2D eigenvalue weighted by Gasteiger charge is -2.11. The number of hydrogen-bond acceptors (Lipinski definition) is 2. The number of hydrogen-bond donors (Lipinski definition) is 0. The van der Waals surface area contributed by atoms with Gasteiger partial charge in [-0.3, -0.25) is 0 Å². The Bertz CT molecular complexity index is 281. The van der Waals surface area contributed by atoms with Gasteiger partial charge >= 0.3 is 0 Å². The Kier molecular flexibility index (Phi) is 2.41. The first-order chi connectivity index (χ1) is 6.42. The zero-order valence-corrected chi connectivity index (χ0v) is 7.35. The summed E-state index contributed by atoms with van der Waals surface area (Å²) in [4.78, 5) is 10.7. The van der Waals surface area contributed by atoms with Gasteiger partial charge in [-0.1, -0.05) is 30.3 Å². The highest BCUT2D eigenvalue weighted by atomic mass is 16.5. The third-order valence-corrected chi connectivity index (χ3v) is 2.53. The maximum absolute atomic E-state index is 10.7. The maximum atomic E-state index is 10.7. The Hall–Kier alpha value is -1.15. The molecule has 0 radical (unpaired) electrons. The van der Waals surface area contributed by atoms with Gasteiger partial charge in [0, 0.05) is 11.8 Å². The van der Waals surface area contributed by atoms with Crippen molar-refractivity contribution in [3.8, 4) is 0 Å². The Morgan fingerprint density at radius 2 is 2.00 bits per heavy atom. The summed E-state index contributed by atoms with van der Waals surface area (Å²) in [7, 11) is 0. The summed E-state index contributed by atoms with van der Waals surface area (Å²) in [6.07, 6.45) is 1.00. The van der Waals surface area contributed by atoms with Gasteiger partial charge in [0.15, 0.2) is 0 Å². The van der Waals surface area contributed by atoms with Crippen LogP contribution in [0.3, 0.4) is 0 Å². The van der Waals surface area contributed by atoms with Gasteiger partial charge in [-0.05, 0) is 5.56 Å². The van der Waals surface area contributed by atoms with Gasteiger partial charge in [0.2, 0.25) is 0 Å². The molecule has 1 unspecified atom stereocenters. The molecule has 13 heavy (non-hydrogen) atoms. The van der Waals surface area contributed by atoms with E-state index in [0.29, 0.717) is 13.2 Å². The first-order valence-electron chi connectivity index (χ1n) is 4.50. The molecule has 1 aromatic carbocycles. The lowest BCUT2D eigenvalue weighted by atomic mass is 9.90. The average molecular weight is 176 g/mol. The van der Waals surface area contributed by atoms with E-state index in [1.807, 2.05) is 18.2 Å². The SMILES string of the molecule is O=CC1COC[C@@H]1c1ccccc1. The smallest absolute Gasteiger partial charge is 0.126 e. The van der Waals surface area contributed by atoms with Crippen molar-refractivity contribution in [3.63, 3.8) is 0 Å². The van der Waals surface area contributed by atoms with Crippen LogP contribution in [-0.4, -0.2) is 19.5 Å². The summed E-state index contributed by atoms with van der Waals surface area (Å²) in [5.74, 6) is 0.307. The largest absolute Gasteiger partial charge is 0.380 e. The van der Waals surface area contributed by atoms with E-state index in [1.54, 1.807) is 0 Å². The number of aldehydes is 1. The molecule has 0 spiro atoms. The van der Waals surface area contributed by atoms with Crippen LogP contribution in [0, 0.1) is 5.92 Å². The molecular weight excluding hydrogens is 164 g/mol. The third kappa shape index (κ3) is 1.63. The van der Waals surface area contributed by atoms with Crippen LogP contribution in [0.5, 0.6) is 0 Å². The first-order valence-corrected chi connectivity index (χ1v) is 4.50. The number of ether oxygens (including phenoxy) is 1. The van der Waals surface area contributed by atoms with Crippen molar-refractivity contribution in [3.05, 3.63) is 35.9 Å². The van der Waals surface area contributed by atoms with Crippen LogP contribution in [-0.2, 0) is 9.53 Å². The summed E-state index contributed by atoms with van der Waals surface area (Å²) in [5, 5.41) is 0. The van der Waals surface area contributed by atoms with Gasteiger partial charge in [0.25, 0.3) is 0 Å². The normalized spacial score (nSPS) is 27.4. The molecule has 2 heteroatoms. The average Bonchev–Trinajstić information content (AvgIpc) is 2.67. The minimum Gasteiger partial charge on any atom is -0.380 e. The Balaban J connectivity index is 2.21. The van der Waals surface area contributed by atoms with E-state index in [-0.39, 0.29) is 11.8 Å². The zero-order valence-electron chi connectivity index (χ0n) is 7.35. The molecule has 0 aromatic heterocycles. The summed E-state index contributed by atoms with van der Waals surface area (Å²) >= 11 is 0. The molecule has 0 amide bonds. The standard InChI is InChI=1S/C11H12O2/c12-6-10-7-13-8-11(10)9-4-2-1-3-5-9/h1-6,10-11H,7-8H2/t10?,11-/m1/s1. The molecule has 2 atom stereocenters. The van der Waals surface area contributed by atoms with Crippen molar-refractivity contribution in [1.82, 2.24) is 0 Å². The van der Waals surface area contributed by atoms with E-state index in [0.717, 1.165) is 6.29 Å². The summed E-state index contributed by atoms with van der Waals surface area (Å²) < 4.78 is 5.28. The number of carbonyl (C=O) groups is 1. The molecule has 2 rings (SSSR count). The van der Waals surface area contributed by atoms with Gasteiger partial charge < -0.3 is 9.53 Å². The van der Waals surface area contributed by atoms with Crippen molar-refractivity contribution in [2.75, 3.05) is 13.2 Å². The minimum absolute atomic E-state index is 0.0439. The molecule has 1 aliphatic heterocycles. The predicted octanol–water partition coefficient (Wildman–Crippen LogP) is 1.62. The van der Waals surface area contributed by atoms with Gasteiger partial charge in [-0.15, -0.1) is 0 Å². The molecule has 68 valence electrons. The van der Waals surface area contributed by atoms with E-state index in [1.165, 1.54) is 5.56 Å². The van der Waals surface area contributed by atoms with E-state index in [9.17, 15) is 4.79 Å². The highest BCUT2D eigenvalue weighted by Crippen LogP contribution is 2.29. The highest BCUT2D eigenvalue weighted by molar-refractivity contribution is 5.56. The zero-order chi connectivity index (χ0) is 9.10. The van der Waals surface area contributed by atoms with Crippen LogP contribution in [0.4, 0.5) is 0 Å². The molecular formula is C11H12O2. The number of rotatable bonds is 2. The molecule has 1 aliphatic rings. The molecule has 2 nitrogen and oxygen atoms in total. The molecule has 1 heterocycles. The quantitative estimate of drug-likeness (QED) is 0.640. The van der Waals surface area contributed by atoms with Gasteiger partial charge in [-0.25, -0.2) is 0 Å². The second-order valence-corrected chi connectivity index (χ2v) is 3.35. The number of carbonyl (C=O) groups excluding carboxylic acids is 1. The van der Waals surface area contributed by atoms with Gasteiger partial charge in [-0.2, -0.15) is 0 Å². The molecule has 1 saturated heterocycles. The molecule has 0 aliphatic carbocycles. The van der Waals surface area contributed by atoms with E-state index >= 15 is 0 Å². The predicted molar refractivity (Wildman–Crippen MR) is 49.6 cm³/mol. The van der Waals surface area contributed by atoms with Crippen LogP contribution >= 0.6 is 0 Å². The summed E-state index contributed by atoms with van der Waals surface area (Å²) in [6.45, 7) is 1.25. The van der Waals surface area contributed by atoms with Crippen molar-refractivity contribution in [2.24, 2.45) is 5.92 Å². The van der Waals surface area contributed by atoms with Crippen LogP contribution in [0.1, 0.15) is 11.5 Å². The summed E-state index contributed by atoms with van der Waals surface area (Å²) in [5.41, 5.74) is 1.21. The molecule has 1 aromatic rings. The second-order valence-electron chi connectivity index (χ2n) is 3.35. The minimum atomic E-state index is 0.0439. The fourth-order valence-electron chi connectivity index (χ4n) is 1.75. The monoisotopic (exact) mass is 176 g/mol. The first kappa shape index (κ1) is 8.45. The summed E-state index contributed by atoms with van der Waals surface area (Å²) in [6, 6.07) is 10.1. The van der Waals surface area contributed by atoms with Crippen LogP contribution in [0.2, 0.25) is 0 Å². The highest BCUT2D eigenvalue weighted by Gasteiger charge is 2.28. The lowest BCUT2D eigenvalue weighted by Crippen LogP contribution is -2.11. The molecule has 0 saturated carbocycles. The maximum Gasteiger partial charge on any atom is 0.126 e. The van der Waals surface area contributed by atoms with Gasteiger partial charge in [0.05, 0.1) is 13.2 Å².